The second-order valence-corrected chi connectivity index (χ2v) is 8.96. The lowest BCUT2D eigenvalue weighted by atomic mass is 10.1. The Morgan fingerprint density at radius 3 is 2.77 bits per heavy atom. The highest BCUT2D eigenvalue weighted by Crippen LogP contribution is 2.24. The molecular weight excluding hydrogens is 414 g/mol. The van der Waals surface area contributed by atoms with Crippen LogP contribution in [-0.2, 0) is 11.3 Å². The number of para-hydroxylation sites is 1. The lowest BCUT2D eigenvalue weighted by Crippen LogP contribution is -2.26. The van der Waals surface area contributed by atoms with E-state index < -0.39 is 0 Å². The van der Waals surface area contributed by atoms with Gasteiger partial charge in [-0.25, -0.2) is 4.98 Å². The molecule has 0 atom stereocenters. The van der Waals surface area contributed by atoms with Crippen LogP contribution in [0.25, 0.3) is 16.6 Å². The lowest BCUT2D eigenvalue weighted by molar-refractivity contribution is -0.118. The number of hydrogen-bond donors (Lipinski definition) is 1. The SMILES string of the molecule is Cc1ccc(C)c(-n2c(SCC(=O)NCc3cccs3)nc3ccccc3c2=O)c1. The van der Waals surface area contributed by atoms with Gasteiger partial charge in [-0.05, 0) is 54.6 Å². The molecule has 7 heteroatoms. The highest BCUT2D eigenvalue weighted by Gasteiger charge is 2.16. The summed E-state index contributed by atoms with van der Waals surface area (Å²) in [5, 5.41) is 5.98. The first-order chi connectivity index (χ1) is 14.5. The number of benzene rings is 2. The molecule has 2 heterocycles. The molecule has 1 N–H and O–H groups in total. The highest BCUT2D eigenvalue weighted by molar-refractivity contribution is 7.99. The number of carbonyl (C=O) groups is 1. The molecule has 5 nitrogen and oxygen atoms in total. The Bertz CT molecular complexity index is 1260. The number of thiophene rings is 1. The molecule has 0 aliphatic rings. The van der Waals surface area contributed by atoms with Gasteiger partial charge >= 0.3 is 0 Å². The van der Waals surface area contributed by atoms with E-state index in [9.17, 15) is 9.59 Å². The molecule has 2 aromatic heterocycles. The fraction of sp³-hybridized carbons (Fsp3) is 0.174. The van der Waals surface area contributed by atoms with Crippen LogP contribution >= 0.6 is 23.1 Å². The van der Waals surface area contributed by atoms with Gasteiger partial charge in [0.2, 0.25) is 5.91 Å². The summed E-state index contributed by atoms with van der Waals surface area (Å²) in [5.41, 5.74) is 3.32. The summed E-state index contributed by atoms with van der Waals surface area (Å²) < 4.78 is 1.63. The molecule has 0 unspecified atom stereocenters. The van der Waals surface area contributed by atoms with Crippen molar-refractivity contribution in [2.75, 3.05) is 5.75 Å². The van der Waals surface area contributed by atoms with Crippen molar-refractivity contribution in [3.63, 3.8) is 0 Å². The average Bonchev–Trinajstić information content (AvgIpc) is 3.27. The summed E-state index contributed by atoms with van der Waals surface area (Å²) in [4.78, 5) is 31.6. The first kappa shape index (κ1) is 20.4. The largest absolute Gasteiger partial charge is 0.350 e. The summed E-state index contributed by atoms with van der Waals surface area (Å²) in [6.07, 6.45) is 0. The Morgan fingerprint density at radius 2 is 1.97 bits per heavy atom. The van der Waals surface area contributed by atoms with Crippen molar-refractivity contribution >= 4 is 39.9 Å². The van der Waals surface area contributed by atoms with E-state index in [0.29, 0.717) is 22.6 Å². The summed E-state index contributed by atoms with van der Waals surface area (Å²) in [7, 11) is 0. The van der Waals surface area contributed by atoms with Gasteiger partial charge in [-0.15, -0.1) is 11.3 Å². The molecule has 0 spiro atoms. The quantitative estimate of drug-likeness (QED) is 0.358. The van der Waals surface area contributed by atoms with Crippen molar-refractivity contribution in [1.82, 2.24) is 14.9 Å². The minimum Gasteiger partial charge on any atom is -0.350 e. The fourth-order valence-corrected chi connectivity index (χ4v) is 4.64. The molecule has 0 radical (unpaired) electrons. The third-order valence-corrected chi connectivity index (χ3v) is 6.54. The van der Waals surface area contributed by atoms with Crippen LogP contribution in [0.1, 0.15) is 16.0 Å². The Kier molecular flexibility index (Phi) is 6.01. The predicted octanol–water partition coefficient (Wildman–Crippen LogP) is 4.47. The van der Waals surface area contributed by atoms with E-state index in [4.69, 9.17) is 4.98 Å². The van der Waals surface area contributed by atoms with Crippen molar-refractivity contribution in [3.8, 4) is 5.69 Å². The number of fused-ring (bicyclic) bond motifs is 1. The third-order valence-electron chi connectivity index (χ3n) is 4.72. The van der Waals surface area contributed by atoms with E-state index in [1.165, 1.54) is 11.8 Å². The zero-order valence-corrected chi connectivity index (χ0v) is 18.3. The number of nitrogens with one attached hydrogen (secondary N) is 1. The van der Waals surface area contributed by atoms with E-state index >= 15 is 0 Å². The molecule has 0 bridgehead atoms. The molecule has 30 heavy (non-hydrogen) atoms. The Morgan fingerprint density at radius 1 is 1.13 bits per heavy atom. The van der Waals surface area contributed by atoms with Gasteiger partial charge in [0, 0.05) is 4.88 Å². The molecule has 0 saturated carbocycles. The van der Waals surface area contributed by atoms with Crippen molar-refractivity contribution in [2.45, 2.75) is 25.5 Å². The molecule has 0 aliphatic carbocycles. The van der Waals surface area contributed by atoms with Crippen LogP contribution in [0.4, 0.5) is 0 Å². The maximum atomic E-state index is 13.3. The van der Waals surface area contributed by atoms with Crippen molar-refractivity contribution in [1.29, 1.82) is 0 Å². The zero-order valence-electron chi connectivity index (χ0n) is 16.7. The van der Waals surface area contributed by atoms with Crippen molar-refractivity contribution in [3.05, 3.63) is 86.3 Å². The van der Waals surface area contributed by atoms with Crippen LogP contribution in [0, 0.1) is 13.8 Å². The van der Waals surface area contributed by atoms with Gasteiger partial charge in [-0.3, -0.25) is 14.2 Å². The number of carbonyl (C=O) groups excluding carboxylic acids is 1. The average molecular weight is 436 g/mol. The number of aromatic nitrogens is 2. The number of thioether (sulfide) groups is 1. The molecule has 0 aliphatic heterocycles. The zero-order chi connectivity index (χ0) is 21.1. The van der Waals surface area contributed by atoms with E-state index in [2.05, 4.69) is 5.32 Å². The van der Waals surface area contributed by atoms with Gasteiger partial charge < -0.3 is 5.32 Å². The van der Waals surface area contributed by atoms with Crippen LogP contribution < -0.4 is 10.9 Å². The molecule has 0 fully saturated rings. The minimum absolute atomic E-state index is 0.0941. The molecule has 4 rings (SSSR count). The third kappa shape index (κ3) is 4.32. The molecule has 1 amide bonds. The Balaban J connectivity index is 1.68. The van der Waals surface area contributed by atoms with Crippen LogP contribution in [0.15, 0.2) is 69.9 Å². The van der Waals surface area contributed by atoms with E-state index in [1.807, 2.05) is 67.8 Å². The second-order valence-electron chi connectivity index (χ2n) is 6.99. The second kappa shape index (κ2) is 8.85. The van der Waals surface area contributed by atoms with Gasteiger partial charge in [0.05, 0.1) is 28.9 Å². The summed E-state index contributed by atoms with van der Waals surface area (Å²) >= 11 is 2.88. The van der Waals surface area contributed by atoms with Gasteiger partial charge in [0.25, 0.3) is 5.56 Å². The minimum atomic E-state index is -0.129. The number of hydrogen-bond acceptors (Lipinski definition) is 5. The van der Waals surface area contributed by atoms with E-state index in [-0.39, 0.29) is 17.2 Å². The van der Waals surface area contributed by atoms with Crippen LogP contribution in [0.5, 0.6) is 0 Å². The highest BCUT2D eigenvalue weighted by atomic mass is 32.2. The Hall–Kier alpha value is -2.90. The van der Waals surface area contributed by atoms with Crippen molar-refractivity contribution < 1.29 is 4.79 Å². The summed E-state index contributed by atoms with van der Waals surface area (Å²) in [5.74, 6) is 0.0874. The standard InChI is InChI=1S/C23H21N3O2S2/c1-15-9-10-16(2)20(12-15)26-22(28)18-7-3-4-8-19(18)25-23(26)30-14-21(27)24-13-17-6-5-11-29-17/h3-12H,13-14H2,1-2H3,(H,24,27). The van der Waals surface area contributed by atoms with Gasteiger partial charge in [0.1, 0.15) is 0 Å². The number of nitrogens with zero attached hydrogens (tertiary/aromatic N) is 2. The van der Waals surface area contributed by atoms with E-state index in [0.717, 1.165) is 21.7 Å². The summed E-state index contributed by atoms with van der Waals surface area (Å²) in [6, 6.07) is 17.2. The predicted molar refractivity (Wildman–Crippen MR) is 124 cm³/mol. The smallest absolute Gasteiger partial charge is 0.266 e. The molecular formula is C23H21N3O2S2. The maximum absolute atomic E-state index is 13.3. The van der Waals surface area contributed by atoms with Crippen molar-refractivity contribution in [2.24, 2.45) is 0 Å². The Labute approximate surface area is 182 Å². The van der Waals surface area contributed by atoms with Crippen LogP contribution in [0.2, 0.25) is 0 Å². The van der Waals surface area contributed by atoms with Crippen LogP contribution in [-0.4, -0.2) is 21.2 Å². The lowest BCUT2D eigenvalue weighted by Gasteiger charge is -2.15. The van der Waals surface area contributed by atoms with Gasteiger partial charge in [-0.2, -0.15) is 0 Å². The van der Waals surface area contributed by atoms with Gasteiger partial charge in [0.15, 0.2) is 5.16 Å². The number of rotatable bonds is 6. The first-order valence-corrected chi connectivity index (χ1v) is 11.4. The summed E-state index contributed by atoms with van der Waals surface area (Å²) in [6.45, 7) is 4.47. The molecule has 4 aromatic rings. The molecule has 2 aromatic carbocycles. The fourth-order valence-electron chi connectivity index (χ4n) is 3.16. The molecule has 152 valence electrons. The number of aryl methyl sites for hydroxylation is 2. The maximum Gasteiger partial charge on any atom is 0.266 e. The number of amides is 1. The first-order valence-electron chi connectivity index (χ1n) is 9.54. The molecule has 0 saturated heterocycles. The van der Waals surface area contributed by atoms with Crippen LogP contribution in [0.3, 0.4) is 0 Å². The van der Waals surface area contributed by atoms with E-state index in [1.54, 1.807) is 22.0 Å². The van der Waals surface area contributed by atoms with Gasteiger partial charge in [-0.1, -0.05) is 42.1 Å². The topological polar surface area (TPSA) is 64.0 Å². The normalized spacial score (nSPS) is 11.0. The monoisotopic (exact) mass is 435 g/mol.